The highest BCUT2D eigenvalue weighted by atomic mass is 16.2. The Labute approximate surface area is 169 Å². The monoisotopic (exact) mass is 393 g/mol. The summed E-state index contributed by atoms with van der Waals surface area (Å²) in [6, 6.07) is 12.7. The summed E-state index contributed by atoms with van der Waals surface area (Å²) >= 11 is 0. The second-order valence-electron chi connectivity index (χ2n) is 7.84. The average molecular weight is 393 g/mol. The summed E-state index contributed by atoms with van der Waals surface area (Å²) in [5, 5.41) is 3.36. The van der Waals surface area contributed by atoms with Crippen molar-refractivity contribution in [3.8, 4) is 0 Å². The zero-order valence-electron chi connectivity index (χ0n) is 17.4. The van der Waals surface area contributed by atoms with Crippen molar-refractivity contribution in [1.29, 1.82) is 0 Å². The first-order valence-electron chi connectivity index (χ1n) is 9.88. The molecule has 0 saturated carbocycles. The number of aromatic nitrogens is 2. The third-order valence-corrected chi connectivity index (χ3v) is 5.11. The van der Waals surface area contributed by atoms with Gasteiger partial charge in [-0.2, -0.15) is 0 Å². The van der Waals surface area contributed by atoms with Crippen LogP contribution in [-0.4, -0.2) is 15.0 Å². The molecule has 0 aliphatic rings. The summed E-state index contributed by atoms with van der Waals surface area (Å²) < 4.78 is 2.63. The molecule has 2 aromatic carbocycles. The fraction of sp³-hybridized carbons (Fsp3) is 0.348. The smallest absolute Gasteiger partial charge is 0.324 e. The van der Waals surface area contributed by atoms with Crippen LogP contribution in [0, 0.1) is 19.8 Å². The van der Waals surface area contributed by atoms with Crippen LogP contribution in [0.5, 0.6) is 0 Å². The van der Waals surface area contributed by atoms with Crippen LogP contribution in [-0.2, 0) is 17.9 Å². The van der Waals surface area contributed by atoms with Crippen LogP contribution in [0.1, 0.15) is 31.4 Å². The molecule has 1 heterocycles. The van der Waals surface area contributed by atoms with Crippen molar-refractivity contribution in [3.63, 3.8) is 0 Å². The molecule has 6 nitrogen and oxygen atoms in total. The van der Waals surface area contributed by atoms with Gasteiger partial charge in [-0.3, -0.25) is 18.7 Å². The van der Waals surface area contributed by atoms with Gasteiger partial charge in [0.2, 0.25) is 5.91 Å². The summed E-state index contributed by atoms with van der Waals surface area (Å²) in [5.74, 6) is 0.0530. The number of anilines is 1. The van der Waals surface area contributed by atoms with Gasteiger partial charge in [-0.25, -0.2) is 4.79 Å². The third-order valence-electron chi connectivity index (χ3n) is 5.11. The second-order valence-corrected chi connectivity index (χ2v) is 7.84. The highest BCUT2D eigenvalue weighted by Crippen LogP contribution is 2.19. The maximum atomic E-state index is 13.1. The van der Waals surface area contributed by atoms with E-state index in [-0.39, 0.29) is 18.0 Å². The molecule has 0 aliphatic heterocycles. The van der Waals surface area contributed by atoms with E-state index in [0.717, 1.165) is 16.8 Å². The molecule has 152 valence electrons. The highest BCUT2D eigenvalue weighted by Gasteiger charge is 2.16. The fourth-order valence-corrected chi connectivity index (χ4v) is 3.44. The first-order valence-corrected chi connectivity index (χ1v) is 9.88. The Morgan fingerprint density at radius 2 is 1.62 bits per heavy atom. The molecule has 1 N–H and O–H groups in total. The number of rotatable bonds is 6. The lowest BCUT2D eigenvalue weighted by atomic mass is 10.1. The highest BCUT2D eigenvalue weighted by molar-refractivity contribution is 5.93. The SMILES string of the molecule is Cc1cccc(C)c1NC(=O)Cn1c(=O)n(CCC(C)C)c(=O)c2ccccc21. The summed E-state index contributed by atoms with van der Waals surface area (Å²) in [6.45, 7) is 8.12. The molecule has 3 rings (SSSR count). The van der Waals surface area contributed by atoms with Crippen molar-refractivity contribution in [1.82, 2.24) is 9.13 Å². The molecule has 0 spiro atoms. The minimum atomic E-state index is -0.453. The number of carbonyl (C=O) groups is 1. The Hall–Kier alpha value is -3.15. The topological polar surface area (TPSA) is 73.1 Å². The van der Waals surface area contributed by atoms with E-state index in [1.807, 2.05) is 45.9 Å². The number of amides is 1. The normalized spacial score (nSPS) is 11.2. The first kappa shape index (κ1) is 20.6. The summed E-state index contributed by atoms with van der Waals surface area (Å²) in [5.41, 5.74) is 2.38. The molecule has 1 amide bonds. The molecule has 0 bridgehead atoms. The maximum absolute atomic E-state index is 13.1. The Kier molecular flexibility index (Phi) is 6.01. The molecule has 6 heteroatoms. The molecule has 0 saturated heterocycles. The van der Waals surface area contributed by atoms with Crippen molar-refractivity contribution >= 4 is 22.5 Å². The molecule has 29 heavy (non-hydrogen) atoms. The lowest BCUT2D eigenvalue weighted by Gasteiger charge is -2.16. The molecule has 0 fully saturated rings. The van der Waals surface area contributed by atoms with Crippen LogP contribution in [0.2, 0.25) is 0 Å². The summed E-state index contributed by atoms with van der Waals surface area (Å²) in [4.78, 5) is 38.7. The molecule has 0 radical (unpaired) electrons. The van der Waals surface area contributed by atoms with Gasteiger partial charge in [0.1, 0.15) is 6.54 Å². The van der Waals surface area contributed by atoms with E-state index in [0.29, 0.717) is 29.8 Å². The van der Waals surface area contributed by atoms with Crippen molar-refractivity contribution < 1.29 is 4.79 Å². The van der Waals surface area contributed by atoms with E-state index in [2.05, 4.69) is 5.32 Å². The molecule has 0 atom stereocenters. The molecule has 1 aromatic heterocycles. The number of nitrogens with zero attached hydrogens (tertiary/aromatic N) is 2. The lowest BCUT2D eigenvalue weighted by molar-refractivity contribution is -0.116. The largest absolute Gasteiger partial charge is 0.331 e. The number of aryl methyl sites for hydroxylation is 2. The van der Waals surface area contributed by atoms with Gasteiger partial charge in [-0.1, -0.05) is 44.2 Å². The van der Waals surface area contributed by atoms with Crippen LogP contribution in [0.25, 0.3) is 10.9 Å². The molecule has 0 aliphatic carbocycles. The van der Waals surface area contributed by atoms with Crippen LogP contribution < -0.4 is 16.6 Å². The number of hydrogen-bond acceptors (Lipinski definition) is 3. The van der Waals surface area contributed by atoms with Gasteiger partial charge in [0.15, 0.2) is 0 Å². The van der Waals surface area contributed by atoms with E-state index in [4.69, 9.17) is 0 Å². The molecule has 3 aromatic rings. The van der Waals surface area contributed by atoms with E-state index in [1.54, 1.807) is 24.3 Å². The number of nitrogens with one attached hydrogen (secondary N) is 1. The van der Waals surface area contributed by atoms with E-state index in [1.165, 1.54) is 9.13 Å². The van der Waals surface area contributed by atoms with Gasteiger partial charge in [-0.05, 0) is 49.4 Å². The Morgan fingerprint density at radius 3 is 2.28 bits per heavy atom. The average Bonchev–Trinajstić information content (AvgIpc) is 2.68. The van der Waals surface area contributed by atoms with Crippen molar-refractivity contribution in [2.24, 2.45) is 5.92 Å². The standard InChI is InChI=1S/C23H27N3O3/c1-15(2)12-13-25-22(28)18-10-5-6-11-19(18)26(23(25)29)14-20(27)24-21-16(3)8-7-9-17(21)4/h5-11,15H,12-14H2,1-4H3,(H,24,27). The van der Waals surface area contributed by atoms with Gasteiger partial charge in [0.05, 0.1) is 10.9 Å². The maximum Gasteiger partial charge on any atom is 0.331 e. The van der Waals surface area contributed by atoms with Gasteiger partial charge >= 0.3 is 5.69 Å². The minimum Gasteiger partial charge on any atom is -0.324 e. The summed E-state index contributed by atoms with van der Waals surface area (Å²) in [6.07, 6.45) is 0.710. The number of fused-ring (bicyclic) bond motifs is 1. The lowest BCUT2D eigenvalue weighted by Crippen LogP contribution is -2.42. The molecular weight excluding hydrogens is 366 g/mol. The molecular formula is C23H27N3O3. The Bertz CT molecular complexity index is 1150. The fourth-order valence-electron chi connectivity index (χ4n) is 3.44. The van der Waals surface area contributed by atoms with Gasteiger partial charge < -0.3 is 5.32 Å². The van der Waals surface area contributed by atoms with Crippen LogP contribution in [0.4, 0.5) is 5.69 Å². The predicted octanol–water partition coefficient (Wildman–Crippen LogP) is 3.46. The van der Waals surface area contributed by atoms with E-state index >= 15 is 0 Å². The quantitative estimate of drug-likeness (QED) is 0.697. The van der Waals surface area contributed by atoms with E-state index in [9.17, 15) is 14.4 Å². The number of para-hydroxylation sites is 2. The number of benzene rings is 2. The zero-order chi connectivity index (χ0) is 21.1. The Morgan fingerprint density at radius 1 is 0.966 bits per heavy atom. The number of hydrogen-bond donors (Lipinski definition) is 1. The van der Waals surface area contributed by atoms with Gasteiger partial charge in [0.25, 0.3) is 5.56 Å². The van der Waals surface area contributed by atoms with Crippen LogP contribution in [0.3, 0.4) is 0 Å². The predicted molar refractivity (Wildman–Crippen MR) is 116 cm³/mol. The summed E-state index contributed by atoms with van der Waals surface area (Å²) in [7, 11) is 0. The van der Waals surface area contributed by atoms with Crippen molar-refractivity contribution in [2.45, 2.75) is 47.2 Å². The van der Waals surface area contributed by atoms with Crippen LogP contribution >= 0.6 is 0 Å². The zero-order valence-corrected chi connectivity index (χ0v) is 17.4. The van der Waals surface area contributed by atoms with Crippen molar-refractivity contribution in [2.75, 3.05) is 5.32 Å². The van der Waals surface area contributed by atoms with Crippen molar-refractivity contribution in [3.05, 3.63) is 74.4 Å². The van der Waals surface area contributed by atoms with E-state index < -0.39 is 5.69 Å². The van der Waals surface area contributed by atoms with Gasteiger partial charge in [0, 0.05) is 12.2 Å². The number of carbonyl (C=O) groups excluding carboxylic acids is 1. The van der Waals surface area contributed by atoms with Gasteiger partial charge in [-0.15, -0.1) is 0 Å². The minimum absolute atomic E-state index is 0.158. The second kappa shape index (κ2) is 8.47. The van der Waals surface area contributed by atoms with Crippen LogP contribution in [0.15, 0.2) is 52.1 Å². The Balaban J connectivity index is 2.03. The third kappa shape index (κ3) is 4.31. The first-order chi connectivity index (χ1) is 13.8. The molecule has 0 unspecified atom stereocenters.